The molecule has 0 amide bonds. The summed E-state index contributed by atoms with van der Waals surface area (Å²) >= 11 is 3.16. The number of halogens is 4. The maximum Gasteiger partial charge on any atom is 0.195 e. The van der Waals surface area contributed by atoms with E-state index in [0.29, 0.717) is 9.86 Å². The Labute approximate surface area is 86.5 Å². The van der Waals surface area contributed by atoms with Crippen molar-refractivity contribution in [1.29, 1.82) is 0 Å². The standard InChI is InChI=1S/C10H4BrF3/c11-6-1-2-7-5(3-6)4-8(12)10(14)9(7)13/h1-4H. The SMILES string of the molecule is Fc1cc2cc(Br)ccc2c(F)c1F. The Kier molecular flexibility index (Phi) is 2.23. The van der Waals surface area contributed by atoms with Gasteiger partial charge in [-0.15, -0.1) is 0 Å². The Morgan fingerprint density at radius 2 is 1.64 bits per heavy atom. The summed E-state index contributed by atoms with van der Waals surface area (Å²) in [5.41, 5.74) is 0. The smallest absolute Gasteiger partial charge is 0.195 e. The molecule has 2 aromatic rings. The lowest BCUT2D eigenvalue weighted by molar-refractivity contribution is 0.453. The van der Waals surface area contributed by atoms with E-state index in [4.69, 9.17) is 0 Å². The molecule has 0 aliphatic heterocycles. The van der Waals surface area contributed by atoms with Gasteiger partial charge in [-0.2, -0.15) is 0 Å². The van der Waals surface area contributed by atoms with Crippen LogP contribution in [0.25, 0.3) is 10.8 Å². The average molecular weight is 261 g/mol. The molecule has 2 aromatic carbocycles. The number of rotatable bonds is 0. The van der Waals surface area contributed by atoms with Crippen LogP contribution in [0.5, 0.6) is 0 Å². The van der Waals surface area contributed by atoms with Gasteiger partial charge in [0.2, 0.25) is 0 Å². The molecule has 0 N–H and O–H groups in total. The molecule has 0 spiro atoms. The first-order valence-electron chi connectivity index (χ1n) is 3.82. The third kappa shape index (κ3) is 1.39. The Hall–Kier alpha value is -1.03. The fraction of sp³-hybridized carbons (Fsp3) is 0. The maximum atomic E-state index is 13.2. The van der Waals surface area contributed by atoms with Gasteiger partial charge >= 0.3 is 0 Å². The minimum absolute atomic E-state index is 0.0760. The Morgan fingerprint density at radius 3 is 2.36 bits per heavy atom. The number of hydrogen-bond acceptors (Lipinski definition) is 0. The normalized spacial score (nSPS) is 10.9. The summed E-state index contributed by atoms with van der Waals surface area (Å²) in [5.74, 6) is -3.75. The predicted molar refractivity (Wildman–Crippen MR) is 51.5 cm³/mol. The van der Waals surface area contributed by atoms with Crippen LogP contribution in [-0.2, 0) is 0 Å². The van der Waals surface area contributed by atoms with E-state index in [9.17, 15) is 13.2 Å². The van der Waals surface area contributed by atoms with Crippen molar-refractivity contribution < 1.29 is 13.2 Å². The summed E-state index contributed by atoms with van der Waals surface area (Å²) in [7, 11) is 0. The molecule has 0 aliphatic rings. The van der Waals surface area contributed by atoms with Crippen LogP contribution in [0.15, 0.2) is 28.7 Å². The summed E-state index contributed by atoms with van der Waals surface area (Å²) in [6, 6.07) is 5.47. The Bertz CT molecular complexity index is 508. The average Bonchev–Trinajstić information content (AvgIpc) is 2.14. The molecule has 0 saturated heterocycles. The first-order valence-corrected chi connectivity index (χ1v) is 4.61. The third-order valence-electron chi connectivity index (χ3n) is 1.93. The van der Waals surface area contributed by atoms with Crippen LogP contribution in [-0.4, -0.2) is 0 Å². The molecule has 0 aliphatic carbocycles. The molecular formula is C10H4BrF3. The molecule has 0 bridgehead atoms. The van der Waals surface area contributed by atoms with Crippen molar-refractivity contribution >= 4 is 26.7 Å². The zero-order chi connectivity index (χ0) is 10.3. The van der Waals surface area contributed by atoms with Gasteiger partial charge in [0.25, 0.3) is 0 Å². The van der Waals surface area contributed by atoms with E-state index in [-0.39, 0.29) is 5.39 Å². The second-order valence-electron chi connectivity index (χ2n) is 2.85. The first-order chi connectivity index (χ1) is 6.59. The Morgan fingerprint density at radius 1 is 0.929 bits per heavy atom. The van der Waals surface area contributed by atoms with E-state index in [2.05, 4.69) is 15.9 Å². The van der Waals surface area contributed by atoms with E-state index in [1.165, 1.54) is 12.1 Å². The van der Waals surface area contributed by atoms with Gasteiger partial charge in [0, 0.05) is 9.86 Å². The minimum Gasteiger partial charge on any atom is -0.204 e. The first kappa shape index (κ1) is 9.52. The van der Waals surface area contributed by atoms with Crippen molar-refractivity contribution in [1.82, 2.24) is 0 Å². The van der Waals surface area contributed by atoms with Crippen LogP contribution in [0.4, 0.5) is 13.2 Å². The van der Waals surface area contributed by atoms with Gasteiger partial charge in [-0.1, -0.05) is 22.0 Å². The molecule has 14 heavy (non-hydrogen) atoms. The summed E-state index contributed by atoms with van der Waals surface area (Å²) < 4.78 is 39.5. The van der Waals surface area contributed by atoms with Crippen LogP contribution in [0.1, 0.15) is 0 Å². The van der Waals surface area contributed by atoms with Crippen LogP contribution in [0.3, 0.4) is 0 Å². The Balaban J connectivity index is 2.91. The third-order valence-corrected chi connectivity index (χ3v) is 2.43. The molecule has 0 fully saturated rings. The van der Waals surface area contributed by atoms with Gasteiger partial charge in [0.15, 0.2) is 17.5 Å². The lowest BCUT2D eigenvalue weighted by Gasteiger charge is -2.02. The van der Waals surface area contributed by atoms with Crippen LogP contribution < -0.4 is 0 Å². The summed E-state index contributed by atoms with van der Waals surface area (Å²) in [6.45, 7) is 0. The molecule has 0 saturated carbocycles. The number of fused-ring (bicyclic) bond motifs is 1. The summed E-state index contributed by atoms with van der Waals surface area (Å²) in [5, 5.41) is 0.405. The van der Waals surface area contributed by atoms with Crippen molar-refractivity contribution in [3.05, 3.63) is 46.2 Å². The van der Waals surface area contributed by atoms with Crippen molar-refractivity contribution in [3.63, 3.8) is 0 Å². The van der Waals surface area contributed by atoms with E-state index < -0.39 is 17.5 Å². The van der Waals surface area contributed by atoms with Gasteiger partial charge in [0.1, 0.15) is 0 Å². The lowest BCUT2D eigenvalue weighted by Crippen LogP contribution is -1.91. The van der Waals surface area contributed by atoms with Gasteiger partial charge < -0.3 is 0 Å². The second kappa shape index (κ2) is 3.28. The molecule has 0 radical (unpaired) electrons. The minimum atomic E-state index is -1.43. The largest absolute Gasteiger partial charge is 0.204 e. The van der Waals surface area contributed by atoms with Gasteiger partial charge in [0.05, 0.1) is 0 Å². The number of hydrogen-bond donors (Lipinski definition) is 0. The van der Waals surface area contributed by atoms with Gasteiger partial charge in [-0.05, 0) is 23.6 Å². The summed E-state index contributed by atoms with van der Waals surface area (Å²) in [4.78, 5) is 0. The topological polar surface area (TPSA) is 0 Å². The molecule has 0 nitrogen and oxygen atoms in total. The van der Waals surface area contributed by atoms with E-state index >= 15 is 0 Å². The quantitative estimate of drug-likeness (QED) is 0.628. The predicted octanol–water partition coefficient (Wildman–Crippen LogP) is 4.02. The second-order valence-corrected chi connectivity index (χ2v) is 3.77. The maximum absolute atomic E-state index is 13.2. The zero-order valence-corrected chi connectivity index (χ0v) is 8.41. The van der Waals surface area contributed by atoms with Crippen LogP contribution in [0.2, 0.25) is 0 Å². The monoisotopic (exact) mass is 260 g/mol. The molecule has 0 unspecified atom stereocenters. The highest BCUT2D eigenvalue weighted by molar-refractivity contribution is 9.10. The molecule has 0 atom stereocenters. The van der Waals surface area contributed by atoms with Crippen LogP contribution >= 0.6 is 15.9 Å². The lowest BCUT2D eigenvalue weighted by atomic mass is 10.1. The van der Waals surface area contributed by atoms with Crippen molar-refractivity contribution in [2.45, 2.75) is 0 Å². The van der Waals surface area contributed by atoms with E-state index in [1.807, 2.05) is 0 Å². The highest BCUT2D eigenvalue weighted by Gasteiger charge is 2.12. The van der Waals surface area contributed by atoms with Crippen molar-refractivity contribution in [3.8, 4) is 0 Å². The fourth-order valence-electron chi connectivity index (χ4n) is 1.28. The van der Waals surface area contributed by atoms with E-state index in [1.54, 1.807) is 6.07 Å². The van der Waals surface area contributed by atoms with Crippen molar-refractivity contribution in [2.75, 3.05) is 0 Å². The molecule has 2 rings (SSSR count). The molecule has 72 valence electrons. The van der Waals surface area contributed by atoms with Gasteiger partial charge in [-0.25, -0.2) is 13.2 Å². The zero-order valence-electron chi connectivity index (χ0n) is 6.82. The number of benzene rings is 2. The van der Waals surface area contributed by atoms with Crippen LogP contribution in [0, 0.1) is 17.5 Å². The van der Waals surface area contributed by atoms with Crippen molar-refractivity contribution in [2.24, 2.45) is 0 Å². The highest BCUT2D eigenvalue weighted by Crippen LogP contribution is 2.25. The molecular weight excluding hydrogens is 257 g/mol. The van der Waals surface area contributed by atoms with E-state index in [0.717, 1.165) is 6.07 Å². The van der Waals surface area contributed by atoms with Gasteiger partial charge in [-0.3, -0.25) is 0 Å². The molecule has 0 heterocycles. The highest BCUT2D eigenvalue weighted by atomic mass is 79.9. The summed E-state index contributed by atoms with van der Waals surface area (Å²) in [6.07, 6.45) is 0. The fourth-order valence-corrected chi connectivity index (χ4v) is 1.65. The molecule has 0 aromatic heterocycles. The molecule has 4 heteroatoms.